The first kappa shape index (κ1) is 18.5. The van der Waals surface area contributed by atoms with E-state index in [0.29, 0.717) is 23.1 Å². The normalized spacial score (nSPS) is 10.9. The van der Waals surface area contributed by atoms with Crippen molar-refractivity contribution in [2.75, 3.05) is 0 Å². The number of ether oxygens (including phenoxy) is 1. The fraction of sp³-hybridized carbons (Fsp3) is 0.143. The molecule has 2 aromatic heterocycles. The molecule has 0 bridgehead atoms. The van der Waals surface area contributed by atoms with E-state index in [2.05, 4.69) is 10.3 Å². The van der Waals surface area contributed by atoms with Crippen molar-refractivity contribution in [3.63, 3.8) is 0 Å². The highest BCUT2D eigenvalue weighted by Crippen LogP contribution is 2.20. The van der Waals surface area contributed by atoms with Gasteiger partial charge < -0.3 is 14.6 Å². The molecule has 0 aliphatic carbocycles. The minimum atomic E-state index is -0.0655. The van der Waals surface area contributed by atoms with Crippen LogP contribution in [0.3, 0.4) is 0 Å². The standard InChI is InChI=1S/C21H18ClN3O2S/c22-15-7-9-16(10-8-15)27-14-20-24-18-5-1-2-6-19(18)25(20)13-21(26)23-12-17-4-3-11-28-17/h1-11H,12-14H2,(H,23,26). The quantitative estimate of drug-likeness (QED) is 0.481. The van der Waals surface area contributed by atoms with Crippen molar-refractivity contribution in [2.45, 2.75) is 19.7 Å². The van der Waals surface area contributed by atoms with Gasteiger partial charge in [0.1, 0.15) is 24.7 Å². The van der Waals surface area contributed by atoms with Gasteiger partial charge in [-0.15, -0.1) is 11.3 Å². The van der Waals surface area contributed by atoms with Crippen LogP contribution in [0, 0.1) is 0 Å². The van der Waals surface area contributed by atoms with E-state index in [1.54, 1.807) is 23.5 Å². The maximum atomic E-state index is 12.5. The Labute approximate surface area is 171 Å². The molecule has 7 heteroatoms. The molecule has 0 radical (unpaired) electrons. The number of rotatable bonds is 7. The zero-order valence-corrected chi connectivity index (χ0v) is 16.5. The summed E-state index contributed by atoms with van der Waals surface area (Å²) in [6.45, 7) is 0.972. The minimum Gasteiger partial charge on any atom is -0.486 e. The highest BCUT2D eigenvalue weighted by Gasteiger charge is 2.14. The third-order valence-electron chi connectivity index (χ3n) is 4.26. The van der Waals surface area contributed by atoms with Crippen molar-refractivity contribution in [3.8, 4) is 5.75 Å². The van der Waals surface area contributed by atoms with Crippen LogP contribution in [0.15, 0.2) is 66.0 Å². The molecule has 0 atom stereocenters. The molecule has 0 spiro atoms. The predicted octanol–water partition coefficient (Wildman–Crippen LogP) is 4.65. The summed E-state index contributed by atoms with van der Waals surface area (Å²) in [7, 11) is 0. The van der Waals surface area contributed by atoms with E-state index in [1.165, 1.54) is 0 Å². The molecule has 0 aliphatic heterocycles. The second-order valence-corrected chi connectivity index (χ2v) is 7.67. The van der Waals surface area contributed by atoms with Gasteiger partial charge in [-0.2, -0.15) is 0 Å². The molecule has 2 heterocycles. The number of carbonyl (C=O) groups excluding carboxylic acids is 1. The smallest absolute Gasteiger partial charge is 0.240 e. The molecule has 0 unspecified atom stereocenters. The van der Waals surface area contributed by atoms with E-state index in [9.17, 15) is 4.79 Å². The van der Waals surface area contributed by atoms with Gasteiger partial charge in [0.15, 0.2) is 0 Å². The molecule has 28 heavy (non-hydrogen) atoms. The molecule has 4 rings (SSSR count). The lowest BCUT2D eigenvalue weighted by Crippen LogP contribution is -2.27. The summed E-state index contributed by atoms with van der Waals surface area (Å²) >= 11 is 7.54. The van der Waals surface area contributed by atoms with E-state index in [4.69, 9.17) is 16.3 Å². The molecular formula is C21H18ClN3O2S. The topological polar surface area (TPSA) is 56.2 Å². The molecule has 0 fully saturated rings. The van der Waals surface area contributed by atoms with Crippen LogP contribution in [0.2, 0.25) is 5.02 Å². The first-order valence-corrected chi connectivity index (χ1v) is 10.1. The minimum absolute atomic E-state index is 0.0655. The summed E-state index contributed by atoms with van der Waals surface area (Å²) < 4.78 is 7.74. The Bertz CT molecular complexity index is 1070. The fourth-order valence-corrected chi connectivity index (χ4v) is 3.66. The van der Waals surface area contributed by atoms with Gasteiger partial charge in [0.05, 0.1) is 17.6 Å². The average Bonchev–Trinajstić information content (AvgIpc) is 3.34. The number of thiophene rings is 1. The highest BCUT2D eigenvalue weighted by atomic mass is 35.5. The van der Waals surface area contributed by atoms with Crippen molar-refractivity contribution in [1.29, 1.82) is 0 Å². The van der Waals surface area contributed by atoms with Crippen LogP contribution in [0.25, 0.3) is 11.0 Å². The van der Waals surface area contributed by atoms with E-state index in [0.717, 1.165) is 15.9 Å². The molecule has 1 N–H and O–H groups in total. The summed E-state index contributed by atoms with van der Waals surface area (Å²) in [6.07, 6.45) is 0. The van der Waals surface area contributed by atoms with Gasteiger partial charge >= 0.3 is 0 Å². The summed E-state index contributed by atoms with van der Waals surface area (Å²) in [5.74, 6) is 1.33. The number of carbonyl (C=O) groups is 1. The van der Waals surface area contributed by atoms with Crippen molar-refractivity contribution in [1.82, 2.24) is 14.9 Å². The number of amides is 1. The Hall–Kier alpha value is -2.83. The van der Waals surface area contributed by atoms with Crippen molar-refractivity contribution < 1.29 is 9.53 Å². The molecule has 0 saturated carbocycles. The van der Waals surface area contributed by atoms with Gasteiger partial charge in [0.2, 0.25) is 5.91 Å². The van der Waals surface area contributed by atoms with Crippen LogP contribution in [0.1, 0.15) is 10.7 Å². The molecular weight excluding hydrogens is 394 g/mol. The number of para-hydroxylation sites is 2. The van der Waals surface area contributed by atoms with Crippen LogP contribution in [-0.2, 0) is 24.5 Å². The number of hydrogen-bond donors (Lipinski definition) is 1. The largest absolute Gasteiger partial charge is 0.486 e. The van der Waals surface area contributed by atoms with Gasteiger partial charge in [-0.3, -0.25) is 4.79 Å². The van der Waals surface area contributed by atoms with Crippen molar-refractivity contribution in [2.24, 2.45) is 0 Å². The number of hydrogen-bond acceptors (Lipinski definition) is 4. The number of imidazole rings is 1. The highest BCUT2D eigenvalue weighted by molar-refractivity contribution is 7.09. The summed E-state index contributed by atoms with van der Waals surface area (Å²) in [5.41, 5.74) is 1.74. The lowest BCUT2D eigenvalue weighted by molar-refractivity contribution is -0.121. The SMILES string of the molecule is O=C(Cn1c(COc2ccc(Cl)cc2)nc2ccccc21)NCc1cccs1. The third-order valence-corrected chi connectivity index (χ3v) is 5.39. The maximum Gasteiger partial charge on any atom is 0.240 e. The molecule has 4 aromatic rings. The lowest BCUT2D eigenvalue weighted by atomic mass is 10.3. The number of nitrogens with one attached hydrogen (secondary N) is 1. The first-order valence-electron chi connectivity index (χ1n) is 8.80. The second kappa shape index (κ2) is 8.46. The Morgan fingerprint density at radius 2 is 1.93 bits per heavy atom. The average molecular weight is 412 g/mol. The van der Waals surface area contributed by atoms with Crippen LogP contribution < -0.4 is 10.1 Å². The van der Waals surface area contributed by atoms with Crippen LogP contribution in [0.4, 0.5) is 0 Å². The molecule has 0 aliphatic rings. The summed E-state index contributed by atoms with van der Waals surface area (Å²) in [4.78, 5) is 18.3. The summed E-state index contributed by atoms with van der Waals surface area (Å²) in [6, 6.07) is 18.9. The Morgan fingerprint density at radius 1 is 1.11 bits per heavy atom. The number of fused-ring (bicyclic) bond motifs is 1. The second-order valence-electron chi connectivity index (χ2n) is 6.20. The Balaban J connectivity index is 1.51. The zero-order chi connectivity index (χ0) is 19.3. The molecule has 2 aromatic carbocycles. The number of aromatic nitrogens is 2. The number of benzene rings is 2. The molecule has 0 saturated heterocycles. The van der Waals surface area contributed by atoms with Crippen LogP contribution >= 0.6 is 22.9 Å². The van der Waals surface area contributed by atoms with Crippen molar-refractivity contribution in [3.05, 3.63) is 81.8 Å². The maximum absolute atomic E-state index is 12.5. The van der Waals surface area contributed by atoms with Gasteiger partial charge in [-0.05, 0) is 47.8 Å². The number of halogens is 1. The first-order chi connectivity index (χ1) is 13.7. The molecule has 142 valence electrons. The molecule has 1 amide bonds. The van der Waals surface area contributed by atoms with Gasteiger partial charge in [-0.1, -0.05) is 29.8 Å². The third kappa shape index (κ3) is 4.35. The number of nitrogens with zero attached hydrogens (tertiary/aromatic N) is 2. The zero-order valence-electron chi connectivity index (χ0n) is 15.0. The van der Waals surface area contributed by atoms with Crippen LogP contribution in [0.5, 0.6) is 5.75 Å². The fourth-order valence-electron chi connectivity index (χ4n) is 2.89. The van der Waals surface area contributed by atoms with E-state index in [1.807, 2.05) is 58.5 Å². The lowest BCUT2D eigenvalue weighted by Gasteiger charge is -2.11. The summed E-state index contributed by atoms with van der Waals surface area (Å²) in [5, 5.41) is 5.61. The van der Waals surface area contributed by atoms with Crippen molar-refractivity contribution >= 4 is 39.9 Å². The van der Waals surface area contributed by atoms with E-state index < -0.39 is 0 Å². The van der Waals surface area contributed by atoms with E-state index >= 15 is 0 Å². The van der Waals surface area contributed by atoms with Gasteiger partial charge in [0.25, 0.3) is 0 Å². The van der Waals surface area contributed by atoms with E-state index in [-0.39, 0.29) is 19.1 Å². The van der Waals surface area contributed by atoms with Crippen LogP contribution in [-0.4, -0.2) is 15.5 Å². The molecule has 5 nitrogen and oxygen atoms in total. The Morgan fingerprint density at radius 3 is 2.71 bits per heavy atom. The van der Waals surface area contributed by atoms with Gasteiger partial charge in [0, 0.05) is 9.90 Å². The predicted molar refractivity (Wildman–Crippen MR) is 112 cm³/mol. The Kier molecular flexibility index (Phi) is 5.60. The van der Waals surface area contributed by atoms with Gasteiger partial charge in [-0.25, -0.2) is 4.98 Å². The monoisotopic (exact) mass is 411 g/mol.